The maximum absolute atomic E-state index is 14.6. The van der Waals surface area contributed by atoms with E-state index in [9.17, 15) is 12.8 Å². The maximum atomic E-state index is 14.6. The number of thiazole rings is 1. The molecule has 1 saturated heterocycles. The highest BCUT2D eigenvalue weighted by Crippen LogP contribution is 2.35. The number of nitrogens with one attached hydrogen (secondary N) is 2. The summed E-state index contributed by atoms with van der Waals surface area (Å²) in [5, 5.41) is 5.09. The fraction of sp³-hybridized carbons (Fsp3) is 0.526. The highest BCUT2D eigenvalue weighted by Gasteiger charge is 2.35. The second-order valence-electron chi connectivity index (χ2n) is 8.15. The number of halogens is 2. The Morgan fingerprint density at radius 2 is 2.14 bits per heavy atom. The minimum atomic E-state index is -4.13. The number of anilines is 2. The van der Waals surface area contributed by atoms with Gasteiger partial charge in [0.25, 0.3) is 10.0 Å². The van der Waals surface area contributed by atoms with E-state index >= 15 is 0 Å². The molecule has 0 radical (unpaired) electrons. The Hall–Kier alpha value is -1.42. The first-order chi connectivity index (χ1) is 13.6. The molecule has 0 unspecified atom stereocenters. The van der Waals surface area contributed by atoms with Gasteiger partial charge in [0.1, 0.15) is 10.7 Å². The molecule has 10 heteroatoms. The molecular weight excluding hydrogens is 437 g/mol. The molecule has 2 heterocycles. The van der Waals surface area contributed by atoms with Gasteiger partial charge in [0.05, 0.1) is 16.8 Å². The summed E-state index contributed by atoms with van der Waals surface area (Å²) in [7, 11) is -4.13. The minimum absolute atomic E-state index is 0.0127. The smallest absolute Gasteiger partial charge is 0.266 e. The number of benzene rings is 1. The van der Waals surface area contributed by atoms with Gasteiger partial charge in [-0.15, -0.1) is 11.3 Å². The van der Waals surface area contributed by atoms with E-state index in [2.05, 4.69) is 35.8 Å². The summed E-state index contributed by atoms with van der Waals surface area (Å²) in [6, 6.07) is 2.24. The standard InChI is InChI=1S/C19H25ClFN3O3S2/c1-19(2,3)17-12(5-4-7-27-17)11-23-15-10-14(21)16(9-13(15)20)29(25,26)24-18-22-6-8-28-18/h6,8-10,12,17,23H,4-5,7,11H2,1-3H3,(H,22,24)/t12-,17-/m1/s1. The largest absolute Gasteiger partial charge is 0.383 e. The highest BCUT2D eigenvalue weighted by molar-refractivity contribution is 7.93. The second kappa shape index (κ2) is 8.75. The van der Waals surface area contributed by atoms with Crippen molar-refractivity contribution in [1.29, 1.82) is 0 Å². The number of hydrogen-bond acceptors (Lipinski definition) is 6. The summed E-state index contributed by atoms with van der Waals surface area (Å²) in [6.07, 6.45) is 3.51. The van der Waals surface area contributed by atoms with E-state index in [1.54, 1.807) is 5.38 Å². The van der Waals surface area contributed by atoms with Crippen molar-refractivity contribution in [2.24, 2.45) is 11.3 Å². The third kappa shape index (κ3) is 5.39. The van der Waals surface area contributed by atoms with Crippen LogP contribution < -0.4 is 10.0 Å². The van der Waals surface area contributed by atoms with Gasteiger partial charge in [-0.2, -0.15) is 0 Å². The Morgan fingerprint density at radius 1 is 1.38 bits per heavy atom. The zero-order chi connectivity index (χ0) is 21.2. The Kier molecular flexibility index (Phi) is 6.72. The zero-order valence-electron chi connectivity index (χ0n) is 16.5. The van der Waals surface area contributed by atoms with E-state index in [4.69, 9.17) is 16.3 Å². The lowest BCUT2D eigenvalue weighted by Gasteiger charge is -2.40. The molecule has 1 aliphatic heterocycles. The van der Waals surface area contributed by atoms with Gasteiger partial charge in [-0.25, -0.2) is 17.8 Å². The van der Waals surface area contributed by atoms with E-state index in [0.717, 1.165) is 42.9 Å². The Labute approximate surface area is 179 Å². The lowest BCUT2D eigenvalue weighted by molar-refractivity contribution is -0.0814. The Balaban J connectivity index is 1.75. The molecule has 2 N–H and O–H groups in total. The summed E-state index contributed by atoms with van der Waals surface area (Å²) in [4.78, 5) is 3.34. The van der Waals surface area contributed by atoms with Gasteiger partial charge in [-0.1, -0.05) is 32.4 Å². The summed E-state index contributed by atoms with van der Waals surface area (Å²) >= 11 is 7.37. The van der Waals surface area contributed by atoms with Crippen molar-refractivity contribution in [2.75, 3.05) is 23.2 Å². The SMILES string of the molecule is CC(C)(C)[C@@H]1OCCC[C@@H]1CNc1cc(F)c(S(=O)(=O)Nc2nccs2)cc1Cl. The summed E-state index contributed by atoms with van der Waals surface area (Å²) in [5.41, 5.74) is 0.344. The van der Waals surface area contributed by atoms with Crippen LogP contribution in [0.2, 0.25) is 5.02 Å². The first-order valence-corrected chi connectivity index (χ1v) is 12.1. The average Bonchev–Trinajstić information content (AvgIpc) is 3.13. The van der Waals surface area contributed by atoms with Gasteiger partial charge in [0, 0.05) is 30.6 Å². The van der Waals surface area contributed by atoms with Gasteiger partial charge >= 0.3 is 0 Å². The molecule has 0 aliphatic carbocycles. The van der Waals surface area contributed by atoms with Crippen LogP contribution in [0.3, 0.4) is 0 Å². The molecule has 0 amide bonds. The van der Waals surface area contributed by atoms with Gasteiger partial charge < -0.3 is 10.1 Å². The number of nitrogens with zero attached hydrogens (tertiary/aromatic N) is 1. The number of aromatic nitrogens is 1. The lowest BCUT2D eigenvalue weighted by Crippen LogP contribution is -2.42. The third-order valence-electron chi connectivity index (χ3n) is 4.82. The molecule has 0 saturated carbocycles. The first-order valence-electron chi connectivity index (χ1n) is 9.35. The predicted molar refractivity (Wildman–Crippen MR) is 115 cm³/mol. The molecule has 1 aromatic heterocycles. The second-order valence-corrected chi connectivity index (χ2v) is 11.1. The molecular formula is C19H25ClFN3O3S2. The van der Waals surface area contributed by atoms with E-state index in [1.807, 2.05) is 0 Å². The summed E-state index contributed by atoms with van der Waals surface area (Å²) in [5.74, 6) is -0.633. The van der Waals surface area contributed by atoms with Crippen molar-refractivity contribution in [3.05, 3.63) is 34.5 Å². The Morgan fingerprint density at radius 3 is 2.79 bits per heavy atom. The van der Waals surface area contributed by atoms with Gasteiger partial charge in [-0.3, -0.25) is 4.72 Å². The van der Waals surface area contributed by atoms with Crippen molar-refractivity contribution in [3.63, 3.8) is 0 Å². The molecule has 1 aliphatic rings. The molecule has 160 valence electrons. The molecule has 3 rings (SSSR count). The number of ether oxygens (including phenoxy) is 1. The fourth-order valence-corrected chi connectivity index (χ4v) is 5.73. The van der Waals surface area contributed by atoms with Crippen LogP contribution in [0.15, 0.2) is 28.6 Å². The van der Waals surface area contributed by atoms with E-state index in [0.29, 0.717) is 12.2 Å². The zero-order valence-corrected chi connectivity index (χ0v) is 18.9. The van der Waals surface area contributed by atoms with Crippen LogP contribution in [0.1, 0.15) is 33.6 Å². The van der Waals surface area contributed by atoms with Crippen LogP contribution in [0.5, 0.6) is 0 Å². The normalized spacial score (nSPS) is 20.4. The molecule has 2 atom stereocenters. The lowest BCUT2D eigenvalue weighted by atomic mass is 9.78. The first kappa shape index (κ1) is 22.3. The maximum Gasteiger partial charge on any atom is 0.266 e. The quantitative estimate of drug-likeness (QED) is 0.633. The highest BCUT2D eigenvalue weighted by atomic mass is 35.5. The van der Waals surface area contributed by atoms with Crippen LogP contribution in [0, 0.1) is 17.2 Å². The van der Waals surface area contributed by atoms with Crippen LogP contribution in [0.25, 0.3) is 0 Å². The molecule has 0 spiro atoms. The van der Waals surface area contributed by atoms with Crippen molar-refractivity contribution in [2.45, 2.75) is 44.6 Å². The fourth-order valence-electron chi connectivity index (χ4n) is 3.56. The topological polar surface area (TPSA) is 80.3 Å². The van der Waals surface area contributed by atoms with Gasteiger partial charge in [-0.05, 0) is 30.4 Å². The van der Waals surface area contributed by atoms with Crippen molar-refractivity contribution >= 4 is 43.8 Å². The van der Waals surface area contributed by atoms with Crippen molar-refractivity contribution in [1.82, 2.24) is 4.98 Å². The van der Waals surface area contributed by atoms with Crippen LogP contribution in [-0.4, -0.2) is 32.7 Å². The summed E-state index contributed by atoms with van der Waals surface area (Å²) < 4.78 is 47.8. The Bertz CT molecular complexity index is 946. The van der Waals surface area contributed by atoms with Gasteiger partial charge in [0.15, 0.2) is 5.13 Å². The van der Waals surface area contributed by atoms with Crippen LogP contribution in [-0.2, 0) is 14.8 Å². The monoisotopic (exact) mass is 461 g/mol. The van der Waals surface area contributed by atoms with Crippen molar-refractivity contribution < 1.29 is 17.5 Å². The summed E-state index contributed by atoms with van der Waals surface area (Å²) in [6.45, 7) is 7.71. The molecule has 2 aromatic rings. The molecule has 1 aromatic carbocycles. The van der Waals surface area contributed by atoms with Crippen LogP contribution in [0.4, 0.5) is 15.2 Å². The van der Waals surface area contributed by atoms with Crippen molar-refractivity contribution in [3.8, 4) is 0 Å². The third-order valence-corrected chi connectivity index (χ3v) is 7.30. The predicted octanol–water partition coefficient (Wildman–Crippen LogP) is 4.99. The van der Waals surface area contributed by atoms with E-state index in [-0.39, 0.29) is 27.6 Å². The molecule has 1 fully saturated rings. The number of sulfonamides is 1. The van der Waals surface area contributed by atoms with E-state index < -0.39 is 20.7 Å². The molecule has 6 nitrogen and oxygen atoms in total. The minimum Gasteiger partial charge on any atom is -0.383 e. The molecule has 29 heavy (non-hydrogen) atoms. The van der Waals surface area contributed by atoms with Crippen LogP contribution >= 0.6 is 22.9 Å². The molecule has 0 bridgehead atoms. The van der Waals surface area contributed by atoms with Gasteiger partial charge in [0.2, 0.25) is 0 Å². The van der Waals surface area contributed by atoms with E-state index in [1.165, 1.54) is 6.20 Å². The average molecular weight is 462 g/mol. The number of hydrogen-bond donors (Lipinski definition) is 2. The number of rotatable bonds is 6.